The summed E-state index contributed by atoms with van der Waals surface area (Å²) in [4.78, 5) is 45.7. The highest BCUT2D eigenvalue weighted by molar-refractivity contribution is 7.91. The van der Waals surface area contributed by atoms with Crippen LogP contribution in [0.3, 0.4) is 0 Å². The molecule has 0 bridgehead atoms. The number of aromatic nitrogens is 2. The highest BCUT2D eigenvalue weighted by Gasteiger charge is 2.38. The van der Waals surface area contributed by atoms with Crippen LogP contribution in [0.25, 0.3) is 0 Å². The zero-order chi connectivity index (χ0) is 24.1. The third-order valence-electron chi connectivity index (χ3n) is 4.15. The maximum Gasteiger partial charge on any atom is 0.404 e. The van der Waals surface area contributed by atoms with Gasteiger partial charge in [0.05, 0.1) is 17.9 Å². The van der Waals surface area contributed by atoms with E-state index in [1.54, 1.807) is 0 Å². The fourth-order valence-electron chi connectivity index (χ4n) is 2.54. The summed E-state index contributed by atoms with van der Waals surface area (Å²) in [5.41, 5.74) is -2.00. The number of halogens is 1. The van der Waals surface area contributed by atoms with Crippen LogP contribution in [-0.4, -0.2) is 53.8 Å². The second-order valence-corrected chi connectivity index (χ2v) is 9.05. The highest BCUT2D eigenvalue weighted by Crippen LogP contribution is 2.25. The fraction of sp³-hybridized carbons (Fsp3) is 0.353. The molecule has 0 spiro atoms. The van der Waals surface area contributed by atoms with Gasteiger partial charge in [-0.1, -0.05) is 16.2 Å². The Morgan fingerprint density at radius 1 is 1.25 bits per heavy atom. The van der Waals surface area contributed by atoms with Crippen molar-refractivity contribution in [3.8, 4) is 5.88 Å². The molecule has 0 fully saturated rings. The molecule has 174 valence electrons. The number of hydrogen-bond acceptors (Lipinski definition) is 8. The van der Waals surface area contributed by atoms with Crippen molar-refractivity contribution in [2.24, 2.45) is 0 Å². The summed E-state index contributed by atoms with van der Waals surface area (Å²) < 4.78 is 34.8. The highest BCUT2D eigenvalue weighted by atomic mass is 35.5. The van der Waals surface area contributed by atoms with E-state index in [1.807, 2.05) is 5.16 Å². The molecule has 1 heterocycles. The number of carboxylic acids is 2. The van der Waals surface area contributed by atoms with Crippen molar-refractivity contribution in [2.45, 2.75) is 41.6 Å². The van der Waals surface area contributed by atoms with Gasteiger partial charge in [-0.25, -0.2) is 13.2 Å². The zero-order valence-electron chi connectivity index (χ0n) is 16.5. The molecule has 1 atom stereocenters. The van der Waals surface area contributed by atoms with E-state index in [-0.39, 0.29) is 34.0 Å². The predicted molar refractivity (Wildman–Crippen MR) is 104 cm³/mol. The van der Waals surface area contributed by atoms with E-state index in [4.69, 9.17) is 26.6 Å². The average Bonchev–Trinajstić information content (AvgIpc) is 3.06. The van der Waals surface area contributed by atoms with Gasteiger partial charge in [0, 0.05) is 11.4 Å². The number of hydrogen-bond donors (Lipinski definition) is 4. The quantitative estimate of drug-likeness (QED) is 0.322. The van der Waals surface area contributed by atoms with Crippen molar-refractivity contribution in [2.75, 3.05) is 6.61 Å². The molecular formula is C17H19ClN3O10S+. The van der Waals surface area contributed by atoms with E-state index in [0.29, 0.717) is 0 Å². The van der Waals surface area contributed by atoms with Gasteiger partial charge < -0.3 is 20.3 Å². The summed E-state index contributed by atoms with van der Waals surface area (Å²) in [7, 11) is -4.33. The number of amides is 1. The number of nitrogens with zero attached hydrogens (tertiary/aromatic N) is 1. The number of carbonyl (C=O) groups is 3. The number of aromatic amines is 1. The van der Waals surface area contributed by atoms with Crippen molar-refractivity contribution in [3.63, 3.8) is 0 Å². The first-order valence-electron chi connectivity index (χ1n) is 8.91. The monoisotopic (exact) mass is 492 g/mol. The first-order valence-corrected chi connectivity index (χ1v) is 10.8. The number of ether oxygens (including phenoxy) is 1. The van der Waals surface area contributed by atoms with Gasteiger partial charge >= 0.3 is 22.8 Å². The van der Waals surface area contributed by atoms with Gasteiger partial charge in [0.25, 0.3) is 9.84 Å². The Balaban J connectivity index is 2.02. The summed E-state index contributed by atoms with van der Waals surface area (Å²) in [6.07, 6.45) is -1.12. The van der Waals surface area contributed by atoms with Crippen LogP contribution in [0.1, 0.15) is 26.2 Å². The van der Waals surface area contributed by atoms with Gasteiger partial charge in [-0.2, -0.15) is 0 Å². The molecule has 1 aromatic carbocycles. The van der Waals surface area contributed by atoms with Crippen LogP contribution in [0, 0.1) is 4.91 Å². The van der Waals surface area contributed by atoms with Gasteiger partial charge in [0.15, 0.2) is 0 Å². The first-order chi connectivity index (χ1) is 14.9. The molecule has 2 rings (SSSR count). The van der Waals surface area contributed by atoms with Crippen LogP contribution in [0.4, 0.5) is 0 Å². The van der Waals surface area contributed by atoms with Crippen LogP contribution >= 0.6 is 11.6 Å². The molecule has 2 aromatic rings. The number of carbonyl (C=O) groups excluding carboxylic acids is 1. The third kappa shape index (κ3) is 5.85. The van der Waals surface area contributed by atoms with Crippen LogP contribution in [-0.2, 0) is 24.2 Å². The lowest BCUT2D eigenvalue weighted by Gasteiger charge is -2.24. The average molecular weight is 493 g/mol. The van der Waals surface area contributed by atoms with E-state index >= 15 is 0 Å². The normalized spacial score (nSPS) is 13.2. The molecule has 0 aliphatic heterocycles. The summed E-state index contributed by atoms with van der Waals surface area (Å²) in [5.74, 6) is -4.19. The topological polar surface area (TPSA) is 199 Å². The third-order valence-corrected chi connectivity index (χ3v) is 6.13. The maximum absolute atomic E-state index is 12.7. The van der Waals surface area contributed by atoms with Gasteiger partial charge in [-0.15, -0.1) is 0 Å². The molecule has 0 radical (unpaired) electrons. The number of sulfone groups is 1. The van der Waals surface area contributed by atoms with Crippen molar-refractivity contribution in [1.82, 2.24) is 10.5 Å². The van der Waals surface area contributed by atoms with Gasteiger partial charge in [0.2, 0.25) is 10.5 Å². The molecule has 0 saturated carbocycles. The minimum Gasteiger partial charge on any atom is -0.481 e. The lowest BCUT2D eigenvalue weighted by Crippen LogP contribution is -2.53. The van der Waals surface area contributed by atoms with Crippen LogP contribution < -0.4 is 14.7 Å². The SMILES string of the molecule is C[C@@](CC(=O)O)(NC(=O)CCCOc1[nH]o[n+](=O)c1S(=O)(=O)c1ccc(Cl)cc1)C(=O)O. The number of carboxylic acid groups (broad SMARTS) is 2. The van der Waals surface area contributed by atoms with E-state index < -0.39 is 50.5 Å². The maximum atomic E-state index is 12.7. The van der Waals surface area contributed by atoms with Crippen molar-refractivity contribution < 1.29 is 47.0 Å². The molecular weight excluding hydrogens is 474 g/mol. The molecule has 0 aliphatic rings. The van der Waals surface area contributed by atoms with Crippen LogP contribution in [0.5, 0.6) is 5.88 Å². The number of H-pyrrole nitrogens is 1. The van der Waals surface area contributed by atoms with Crippen molar-refractivity contribution in [3.05, 3.63) is 34.2 Å². The standard InChI is InChI=1S/C17H18ClN3O10S/c1-17(16(25)26,9-13(23)24)19-12(22)3-2-8-30-14-15(21(27)31-20-14)32(28,29)11-6-4-10(18)5-7-11/h4-7H,2-3,8-9H2,1H3,(H3-,19,20,22,23,24,25,26,27)/p+1/t17-/m0/s1. The number of aliphatic carboxylic acids is 2. The minimum atomic E-state index is -4.33. The summed E-state index contributed by atoms with van der Waals surface area (Å²) in [6.45, 7) is 0.800. The molecule has 0 unspecified atom stereocenters. The summed E-state index contributed by atoms with van der Waals surface area (Å²) in [5, 5.41) is 21.6. The summed E-state index contributed by atoms with van der Waals surface area (Å²) in [6, 6.07) is 5.02. The van der Waals surface area contributed by atoms with E-state index in [2.05, 4.69) is 9.95 Å². The molecule has 13 nitrogen and oxygen atoms in total. The Hall–Kier alpha value is -3.39. The zero-order valence-corrected chi connectivity index (χ0v) is 18.1. The smallest absolute Gasteiger partial charge is 0.404 e. The fourth-order valence-corrected chi connectivity index (χ4v) is 3.96. The molecule has 1 amide bonds. The number of rotatable bonds is 11. The molecule has 0 aliphatic carbocycles. The Kier molecular flexibility index (Phi) is 7.64. The Labute approximate surface area is 185 Å². The second-order valence-electron chi connectivity index (χ2n) is 6.75. The number of nitrogens with one attached hydrogen (secondary N) is 2. The van der Waals surface area contributed by atoms with Gasteiger partial charge in [-0.3, -0.25) is 9.59 Å². The molecule has 0 saturated heterocycles. The molecule has 15 heteroatoms. The lowest BCUT2D eigenvalue weighted by molar-refractivity contribution is -0.744. The predicted octanol–water partition coefficient (Wildman–Crippen LogP) is 0.602. The number of benzene rings is 1. The van der Waals surface area contributed by atoms with Crippen LogP contribution in [0.15, 0.2) is 38.8 Å². The van der Waals surface area contributed by atoms with Crippen LogP contribution in [0.2, 0.25) is 5.02 Å². The van der Waals surface area contributed by atoms with Gasteiger partial charge in [-0.05, 0) is 47.7 Å². The Bertz CT molecular complexity index is 1170. The van der Waals surface area contributed by atoms with E-state index in [0.717, 1.165) is 6.92 Å². The molecule has 4 N–H and O–H groups in total. The minimum absolute atomic E-state index is 0.0209. The Morgan fingerprint density at radius 2 is 1.88 bits per heavy atom. The van der Waals surface area contributed by atoms with Crippen molar-refractivity contribution in [1.29, 1.82) is 0 Å². The first kappa shape index (κ1) is 24.9. The largest absolute Gasteiger partial charge is 0.481 e. The summed E-state index contributed by atoms with van der Waals surface area (Å²) >= 11 is 5.74. The Morgan fingerprint density at radius 3 is 2.44 bits per heavy atom. The van der Waals surface area contributed by atoms with Crippen molar-refractivity contribution >= 4 is 39.3 Å². The second kappa shape index (κ2) is 9.82. The van der Waals surface area contributed by atoms with Gasteiger partial charge in [0.1, 0.15) is 5.54 Å². The molecule has 32 heavy (non-hydrogen) atoms. The molecule has 1 aromatic heterocycles. The lowest BCUT2D eigenvalue weighted by atomic mass is 9.97. The van der Waals surface area contributed by atoms with E-state index in [9.17, 15) is 27.7 Å². The van der Waals surface area contributed by atoms with E-state index in [1.165, 1.54) is 24.3 Å².